The first-order valence-electron chi connectivity index (χ1n) is 10.0. The summed E-state index contributed by atoms with van der Waals surface area (Å²) in [4.78, 5) is 17.0. The Kier molecular flexibility index (Phi) is 5.39. The molecular weight excluding hydrogens is 415 g/mol. The summed E-state index contributed by atoms with van der Waals surface area (Å²) in [7, 11) is -1.52. The van der Waals surface area contributed by atoms with Gasteiger partial charge in [0.15, 0.2) is 9.84 Å². The van der Waals surface area contributed by atoms with Crippen molar-refractivity contribution in [3.63, 3.8) is 0 Å². The zero-order chi connectivity index (χ0) is 22.3. The smallest absolute Gasteiger partial charge is 0.250 e. The van der Waals surface area contributed by atoms with E-state index in [1.807, 2.05) is 19.1 Å². The van der Waals surface area contributed by atoms with Crippen molar-refractivity contribution in [3.05, 3.63) is 92.6 Å². The molecular formula is C24H23FN2O3S. The van der Waals surface area contributed by atoms with E-state index in [-0.39, 0.29) is 22.9 Å². The van der Waals surface area contributed by atoms with E-state index in [4.69, 9.17) is 4.99 Å². The second-order valence-corrected chi connectivity index (χ2v) is 10.2. The molecule has 0 spiro atoms. The first-order chi connectivity index (χ1) is 14.7. The van der Waals surface area contributed by atoms with Crippen LogP contribution >= 0.6 is 0 Å². The highest BCUT2D eigenvalue weighted by Gasteiger charge is 2.22. The molecule has 0 bridgehead atoms. The van der Waals surface area contributed by atoms with Crippen LogP contribution in [0.5, 0.6) is 0 Å². The third-order valence-corrected chi connectivity index (χ3v) is 7.27. The Balaban J connectivity index is 1.98. The molecule has 0 amide bonds. The van der Waals surface area contributed by atoms with Gasteiger partial charge in [-0.25, -0.2) is 12.8 Å². The van der Waals surface area contributed by atoms with Crippen LogP contribution in [0.3, 0.4) is 0 Å². The lowest BCUT2D eigenvalue weighted by molar-refractivity contribution is 0.596. The Bertz CT molecular complexity index is 1390. The van der Waals surface area contributed by atoms with Gasteiger partial charge >= 0.3 is 0 Å². The summed E-state index contributed by atoms with van der Waals surface area (Å²) in [6.07, 6.45) is 1.77. The number of aliphatic imine (C=N–C) groups is 1. The zero-order valence-electron chi connectivity index (χ0n) is 17.6. The monoisotopic (exact) mass is 438 g/mol. The molecule has 5 nitrogen and oxygen atoms in total. The van der Waals surface area contributed by atoms with Crippen LogP contribution in [0.2, 0.25) is 0 Å². The molecule has 2 aromatic carbocycles. The van der Waals surface area contributed by atoms with E-state index < -0.39 is 9.84 Å². The molecule has 4 rings (SSSR count). The zero-order valence-corrected chi connectivity index (χ0v) is 18.5. The maximum absolute atomic E-state index is 13.7. The van der Waals surface area contributed by atoms with Crippen LogP contribution < -0.4 is 5.56 Å². The third-order valence-electron chi connectivity index (χ3n) is 5.62. The quantitative estimate of drug-likeness (QED) is 0.623. The average Bonchev–Trinajstić information content (AvgIpc) is 2.85. The molecule has 31 heavy (non-hydrogen) atoms. The van der Waals surface area contributed by atoms with E-state index in [1.165, 1.54) is 16.7 Å². The molecule has 1 aliphatic heterocycles. The molecule has 0 atom stereocenters. The first-order valence-corrected chi connectivity index (χ1v) is 11.9. The number of aromatic nitrogens is 1. The summed E-state index contributed by atoms with van der Waals surface area (Å²) in [6.45, 7) is 3.76. The summed E-state index contributed by atoms with van der Waals surface area (Å²) in [5.41, 5.74) is 6.04. The van der Waals surface area contributed by atoms with E-state index in [1.54, 1.807) is 38.4 Å². The molecule has 0 radical (unpaired) electrons. The van der Waals surface area contributed by atoms with Gasteiger partial charge in [0.05, 0.1) is 18.0 Å². The largest absolute Gasteiger partial charge is 0.318 e. The van der Waals surface area contributed by atoms with E-state index in [9.17, 15) is 17.6 Å². The van der Waals surface area contributed by atoms with Crippen molar-refractivity contribution < 1.29 is 12.8 Å². The van der Waals surface area contributed by atoms with Gasteiger partial charge in [0.2, 0.25) is 0 Å². The van der Waals surface area contributed by atoms with Crippen LogP contribution in [-0.2, 0) is 29.2 Å². The fraction of sp³-hybridized carbons (Fsp3) is 0.250. The fourth-order valence-electron chi connectivity index (χ4n) is 3.88. The summed E-state index contributed by atoms with van der Waals surface area (Å²) < 4.78 is 39.6. The molecule has 0 fully saturated rings. The number of rotatable bonds is 4. The van der Waals surface area contributed by atoms with E-state index >= 15 is 0 Å². The lowest BCUT2D eigenvalue weighted by Crippen LogP contribution is -2.16. The summed E-state index contributed by atoms with van der Waals surface area (Å²) in [5.74, 6) is -0.307. The molecule has 0 saturated heterocycles. The third kappa shape index (κ3) is 4.10. The molecule has 0 N–H and O–H groups in total. The van der Waals surface area contributed by atoms with Gasteiger partial charge in [-0.3, -0.25) is 9.79 Å². The van der Waals surface area contributed by atoms with Gasteiger partial charge < -0.3 is 4.57 Å². The molecule has 7 heteroatoms. The lowest BCUT2D eigenvalue weighted by atomic mass is 9.90. The maximum Gasteiger partial charge on any atom is 0.250 e. The first kappa shape index (κ1) is 21.2. The Morgan fingerprint density at radius 3 is 2.48 bits per heavy atom. The molecule has 1 aliphatic rings. The normalized spacial score (nSPS) is 13.2. The number of fused-ring (bicyclic) bond motifs is 3. The summed E-state index contributed by atoms with van der Waals surface area (Å²) >= 11 is 0. The number of hydrogen-bond acceptors (Lipinski definition) is 4. The number of pyridine rings is 1. The van der Waals surface area contributed by atoms with Gasteiger partial charge in [0.25, 0.3) is 5.56 Å². The molecule has 0 aliphatic carbocycles. The SMILES string of the molecule is CCS(=O)(=O)Cc1ccc2c(c1)-c1cn(C)c(=O)cc1CN=C2c1ccc(F)cc1C. The van der Waals surface area contributed by atoms with Gasteiger partial charge in [-0.15, -0.1) is 0 Å². The van der Waals surface area contributed by atoms with E-state index in [0.717, 1.165) is 33.4 Å². The van der Waals surface area contributed by atoms with Gasteiger partial charge in [-0.05, 0) is 53.4 Å². The Morgan fingerprint density at radius 1 is 1.03 bits per heavy atom. The Morgan fingerprint density at radius 2 is 1.77 bits per heavy atom. The second kappa shape index (κ2) is 7.89. The molecule has 3 aromatic rings. The average molecular weight is 439 g/mol. The van der Waals surface area contributed by atoms with Crippen molar-refractivity contribution in [2.45, 2.75) is 26.1 Å². The van der Waals surface area contributed by atoms with Crippen molar-refractivity contribution in [2.75, 3.05) is 5.75 Å². The number of hydrogen-bond donors (Lipinski definition) is 0. The molecule has 0 unspecified atom stereocenters. The topological polar surface area (TPSA) is 68.5 Å². The predicted molar refractivity (Wildman–Crippen MR) is 121 cm³/mol. The molecule has 1 aromatic heterocycles. The number of halogens is 1. The van der Waals surface area contributed by atoms with Crippen LogP contribution in [0, 0.1) is 12.7 Å². The van der Waals surface area contributed by atoms with Crippen LogP contribution in [0.25, 0.3) is 11.1 Å². The van der Waals surface area contributed by atoms with Crippen LogP contribution in [0.4, 0.5) is 4.39 Å². The predicted octanol–water partition coefficient (Wildman–Crippen LogP) is 3.79. The van der Waals surface area contributed by atoms with Crippen molar-refractivity contribution in [1.82, 2.24) is 4.57 Å². The fourth-order valence-corrected chi connectivity index (χ4v) is 4.77. The van der Waals surface area contributed by atoms with Crippen molar-refractivity contribution >= 4 is 15.5 Å². The van der Waals surface area contributed by atoms with Crippen molar-refractivity contribution in [1.29, 1.82) is 0 Å². The highest BCUT2D eigenvalue weighted by atomic mass is 32.2. The summed E-state index contributed by atoms with van der Waals surface area (Å²) in [6, 6.07) is 11.7. The number of aryl methyl sites for hydroxylation is 2. The van der Waals surface area contributed by atoms with Crippen molar-refractivity contribution in [2.24, 2.45) is 12.0 Å². The van der Waals surface area contributed by atoms with Crippen LogP contribution in [0.1, 0.15) is 34.7 Å². The van der Waals surface area contributed by atoms with Crippen LogP contribution in [0.15, 0.2) is 58.4 Å². The van der Waals surface area contributed by atoms with Gasteiger partial charge in [-0.2, -0.15) is 0 Å². The molecule has 0 saturated carbocycles. The highest BCUT2D eigenvalue weighted by molar-refractivity contribution is 7.90. The molecule has 2 heterocycles. The van der Waals surface area contributed by atoms with Gasteiger partial charge in [-0.1, -0.05) is 19.1 Å². The van der Waals surface area contributed by atoms with Gasteiger partial charge in [0, 0.05) is 41.8 Å². The second-order valence-electron chi connectivity index (χ2n) is 7.84. The standard InChI is InChI=1S/C24H23FN2O3S/c1-4-31(29,30)14-16-5-7-20-21(10-16)22-13-27(3)23(28)11-17(22)12-26-24(20)19-8-6-18(25)9-15(19)2/h5-11,13H,4,12,14H2,1-3H3. The van der Waals surface area contributed by atoms with Crippen molar-refractivity contribution in [3.8, 4) is 11.1 Å². The minimum Gasteiger partial charge on any atom is -0.318 e. The lowest BCUT2D eigenvalue weighted by Gasteiger charge is -2.15. The minimum absolute atomic E-state index is 0.0556. The van der Waals surface area contributed by atoms with E-state index in [2.05, 4.69) is 0 Å². The van der Waals surface area contributed by atoms with E-state index in [0.29, 0.717) is 17.8 Å². The number of sulfone groups is 1. The van der Waals surface area contributed by atoms with Crippen LogP contribution in [-0.4, -0.2) is 24.4 Å². The number of nitrogens with zero attached hydrogens (tertiary/aromatic N) is 2. The highest BCUT2D eigenvalue weighted by Crippen LogP contribution is 2.34. The summed E-state index contributed by atoms with van der Waals surface area (Å²) in [5, 5.41) is 0. The minimum atomic E-state index is -3.20. The Labute approximate surface area is 180 Å². The number of benzene rings is 2. The molecule has 160 valence electrons. The van der Waals surface area contributed by atoms with Gasteiger partial charge in [0.1, 0.15) is 5.82 Å². The maximum atomic E-state index is 13.7. The Hall–Kier alpha value is -3.06.